The molecular weight excluding hydrogens is 406 g/mol. The Hall–Kier alpha value is -3.81. The van der Waals surface area contributed by atoms with Crippen molar-refractivity contribution in [3.05, 3.63) is 66.2 Å². The van der Waals surface area contributed by atoms with Crippen molar-refractivity contribution >= 4 is 16.9 Å². The van der Waals surface area contributed by atoms with Gasteiger partial charge in [-0.05, 0) is 36.2 Å². The van der Waals surface area contributed by atoms with E-state index in [1.54, 1.807) is 13.3 Å². The van der Waals surface area contributed by atoms with Gasteiger partial charge in [0.15, 0.2) is 23.3 Å². The van der Waals surface area contributed by atoms with Crippen LogP contribution in [0.4, 0.5) is 5.69 Å². The molecule has 32 heavy (non-hydrogen) atoms. The zero-order chi connectivity index (χ0) is 21.5. The molecule has 2 aliphatic rings. The zero-order valence-electron chi connectivity index (χ0n) is 17.8. The predicted octanol–water partition coefficient (Wildman–Crippen LogP) is 3.61. The van der Waals surface area contributed by atoms with Gasteiger partial charge in [-0.15, -0.1) is 0 Å². The maximum atomic E-state index is 6.16. The van der Waals surface area contributed by atoms with E-state index in [2.05, 4.69) is 36.6 Å². The van der Waals surface area contributed by atoms with Crippen molar-refractivity contribution in [2.75, 3.05) is 31.7 Å². The standard InChI is InChI=1S/C24H23N5O3/c1-30-23-6-4-17(11-25-23)22-14-31-21-9-16(3-5-20(21)32-22)13-29-15-27-19-10-18(12-26-24(19)29)28-7-2-8-28/h3-6,9-12,15,22H,2,7-8,13-14H2,1H3. The highest BCUT2D eigenvalue weighted by Crippen LogP contribution is 2.37. The molecule has 0 aliphatic carbocycles. The number of aromatic nitrogens is 4. The topological polar surface area (TPSA) is 74.5 Å². The van der Waals surface area contributed by atoms with Crippen molar-refractivity contribution < 1.29 is 14.2 Å². The van der Waals surface area contributed by atoms with Gasteiger partial charge in [0, 0.05) is 30.9 Å². The molecule has 8 nitrogen and oxygen atoms in total. The summed E-state index contributed by atoms with van der Waals surface area (Å²) < 4.78 is 19.4. The summed E-state index contributed by atoms with van der Waals surface area (Å²) in [5, 5.41) is 0. The van der Waals surface area contributed by atoms with E-state index < -0.39 is 0 Å². The van der Waals surface area contributed by atoms with Crippen LogP contribution in [-0.2, 0) is 6.54 Å². The lowest BCUT2D eigenvalue weighted by atomic mass is 10.1. The zero-order valence-corrected chi connectivity index (χ0v) is 17.8. The van der Waals surface area contributed by atoms with E-state index in [1.807, 2.05) is 36.8 Å². The Kier molecular flexibility index (Phi) is 4.56. The van der Waals surface area contributed by atoms with E-state index >= 15 is 0 Å². The van der Waals surface area contributed by atoms with Crippen LogP contribution in [0.3, 0.4) is 0 Å². The summed E-state index contributed by atoms with van der Waals surface area (Å²) in [6, 6.07) is 11.9. The highest BCUT2D eigenvalue weighted by molar-refractivity contribution is 5.75. The first kappa shape index (κ1) is 18.9. The number of anilines is 1. The number of benzene rings is 1. The predicted molar refractivity (Wildman–Crippen MR) is 120 cm³/mol. The number of imidazole rings is 1. The van der Waals surface area contributed by atoms with E-state index in [0.717, 1.165) is 52.6 Å². The Morgan fingerprint density at radius 3 is 2.75 bits per heavy atom. The van der Waals surface area contributed by atoms with Gasteiger partial charge in [0.25, 0.3) is 0 Å². The second-order valence-electron chi connectivity index (χ2n) is 8.08. The fourth-order valence-corrected chi connectivity index (χ4v) is 4.08. The summed E-state index contributed by atoms with van der Waals surface area (Å²) in [6.45, 7) is 3.29. The molecule has 6 rings (SSSR count). The van der Waals surface area contributed by atoms with Gasteiger partial charge in [-0.25, -0.2) is 15.0 Å². The van der Waals surface area contributed by atoms with Gasteiger partial charge in [0.05, 0.1) is 31.9 Å². The van der Waals surface area contributed by atoms with Crippen molar-refractivity contribution in [3.63, 3.8) is 0 Å². The number of ether oxygens (including phenoxy) is 3. The molecule has 162 valence electrons. The highest BCUT2D eigenvalue weighted by Gasteiger charge is 2.23. The van der Waals surface area contributed by atoms with Crippen LogP contribution in [-0.4, -0.2) is 46.3 Å². The molecule has 5 heterocycles. The smallest absolute Gasteiger partial charge is 0.212 e. The summed E-state index contributed by atoms with van der Waals surface area (Å²) in [5.41, 5.74) is 5.01. The lowest BCUT2D eigenvalue weighted by molar-refractivity contribution is 0.0908. The van der Waals surface area contributed by atoms with E-state index in [-0.39, 0.29) is 6.10 Å². The number of nitrogens with zero attached hydrogens (tertiary/aromatic N) is 5. The third kappa shape index (κ3) is 3.37. The SMILES string of the molecule is COc1ccc(C2COc3cc(Cn4cnc5cc(N6CCC6)cnc54)ccc3O2)cn1. The number of pyridine rings is 2. The van der Waals surface area contributed by atoms with Gasteiger partial charge in [0.2, 0.25) is 5.88 Å². The lowest BCUT2D eigenvalue weighted by Crippen LogP contribution is -2.36. The number of hydrogen-bond acceptors (Lipinski definition) is 7. The quantitative estimate of drug-likeness (QED) is 0.480. The minimum Gasteiger partial charge on any atom is -0.485 e. The minimum absolute atomic E-state index is 0.200. The Labute approximate surface area is 185 Å². The van der Waals surface area contributed by atoms with Crippen molar-refractivity contribution in [2.24, 2.45) is 0 Å². The third-order valence-corrected chi connectivity index (χ3v) is 6.02. The molecule has 0 bridgehead atoms. The molecule has 1 aromatic carbocycles. The Balaban J connectivity index is 1.19. The molecule has 0 amide bonds. The van der Waals surface area contributed by atoms with Crippen molar-refractivity contribution in [3.8, 4) is 17.4 Å². The Bertz CT molecular complexity index is 1270. The summed E-state index contributed by atoms with van der Waals surface area (Å²) in [4.78, 5) is 15.8. The van der Waals surface area contributed by atoms with Crippen LogP contribution in [0.5, 0.6) is 17.4 Å². The maximum absolute atomic E-state index is 6.16. The molecule has 2 aliphatic heterocycles. The van der Waals surface area contributed by atoms with Crippen LogP contribution in [0.1, 0.15) is 23.7 Å². The average Bonchev–Trinajstić information content (AvgIpc) is 3.19. The van der Waals surface area contributed by atoms with Crippen molar-refractivity contribution in [1.82, 2.24) is 19.5 Å². The second-order valence-corrected chi connectivity index (χ2v) is 8.08. The second kappa shape index (κ2) is 7.71. The molecular formula is C24H23N5O3. The molecule has 1 atom stereocenters. The van der Waals surface area contributed by atoms with E-state index in [0.29, 0.717) is 19.0 Å². The normalized spacial score (nSPS) is 17.3. The van der Waals surface area contributed by atoms with Crippen LogP contribution >= 0.6 is 0 Å². The molecule has 1 unspecified atom stereocenters. The molecule has 3 aromatic heterocycles. The number of rotatable bonds is 5. The lowest BCUT2D eigenvalue weighted by Gasteiger charge is -2.32. The summed E-state index contributed by atoms with van der Waals surface area (Å²) >= 11 is 0. The maximum Gasteiger partial charge on any atom is 0.212 e. The molecule has 1 saturated heterocycles. The van der Waals surface area contributed by atoms with Crippen LogP contribution in [0.25, 0.3) is 11.2 Å². The van der Waals surface area contributed by atoms with Crippen LogP contribution in [0, 0.1) is 0 Å². The largest absolute Gasteiger partial charge is 0.485 e. The molecule has 0 spiro atoms. The van der Waals surface area contributed by atoms with Crippen molar-refractivity contribution in [1.29, 1.82) is 0 Å². The first-order chi connectivity index (χ1) is 15.8. The summed E-state index contributed by atoms with van der Waals surface area (Å²) in [6.07, 6.45) is 6.60. The van der Waals surface area contributed by atoms with Crippen molar-refractivity contribution in [2.45, 2.75) is 19.1 Å². The first-order valence-corrected chi connectivity index (χ1v) is 10.7. The Morgan fingerprint density at radius 1 is 1.03 bits per heavy atom. The molecule has 8 heteroatoms. The fraction of sp³-hybridized carbons (Fsp3) is 0.292. The highest BCUT2D eigenvalue weighted by atomic mass is 16.6. The Morgan fingerprint density at radius 2 is 1.97 bits per heavy atom. The summed E-state index contributed by atoms with van der Waals surface area (Å²) in [7, 11) is 1.60. The molecule has 0 N–H and O–H groups in total. The number of hydrogen-bond donors (Lipinski definition) is 0. The first-order valence-electron chi connectivity index (χ1n) is 10.7. The van der Waals surface area contributed by atoms with E-state index in [4.69, 9.17) is 14.2 Å². The summed E-state index contributed by atoms with van der Waals surface area (Å²) in [5.74, 6) is 2.06. The van der Waals surface area contributed by atoms with Crippen LogP contribution in [0.15, 0.2) is 55.1 Å². The molecule has 4 aromatic rings. The van der Waals surface area contributed by atoms with Gasteiger partial charge in [0.1, 0.15) is 12.1 Å². The average molecular weight is 429 g/mol. The van der Waals surface area contributed by atoms with Crippen LogP contribution < -0.4 is 19.1 Å². The van der Waals surface area contributed by atoms with Crippen LogP contribution in [0.2, 0.25) is 0 Å². The van der Waals surface area contributed by atoms with Gasteiger partial charge >= 0.3 is 0 Å². The number of fused-ring (bicyclic) bond motifs is 2. The third-order valence-electron chi connectivity index (χ3n) is 6.02. The van der Waals surface area contributed by atoms with Gasteiger partial charge in [-0.1, -0.05) is 6.07 Å². The monoisotopic (exact) mass is 429 g/mol. The fourth-order valence-electron chi connectivity index (χ4n) is 4.08. The molecule has 0 radical (unpaired) electrons. The minimum atomic E-state index is -0.200. The van der Waals surface area contributed by atoms with E-state index in [1.165, 1.54) is 6.42 Å². The van der Waals surface area contributed by atoms with Gasteiger partial charge < -0.3 is 23.7 Å². The van der Waals surface area contributed by atoms with E-state index in [9.17, 15) is 0 Å². The molecule has 0 saturated carbocycles. The molecule has 1 fully saturated rings. The van der Waals surface area contributed by atoms with Gasteiger partial charge in [-0.3, -0.25) is 0 Å². The van der Waals surface area contributed by atoms with Gasteiger partial charge in [-0.2, -0.15) is 0 Å². The number of methoxy groups -OCH3 is 1.